The Kier molecular flexibility index (Phi) is 7.22. The lowest BCUT2D eigenvalue weighted by molar-refractivity contribution is -0.122. The van der Waals surface area contributed by atoms with Crippen molar-refractivity contribution < 1.29 is 23.8 Å². The first-order valence-electron chi connectivity index (χ1n) is 8.18. The smallest absolute Gasteiger partial charge is 0.410 e. The maximum Gasteiger partial charge on any atom is 0.410 e. The second-order valence-corrected chi connectivity index (χ2v) is 13.8. The van der Waals surface area contributed by atoms with Gasteiger partial charge in [0.1, 0.15) is 24.7 Å². The normalized spacial score (nSPS) is 22.3. The Hall–Kier alpha value is -0.923. The van der Waals surface area contributed by atoms with Crippen LogP contribution in [0.5, 0.6) is 0 Å². The van der Waals surface area contributed by atoms with E-state index in [4.69, 9.17) is 14.2 Å². The number of ether oxygens (including phenoxy) is 3. The van der Waals surface area contributed by atoms with Crippen molar-refractivity contribution in [2.75, 3.05) is 19.9 Å². The van der Waals surface area contributed by atoms with E-state index < -0.39 is 25.8 Å². The Bertz CT molecular complexity index is 402. The molecule has 0 bridgehead atoms. The van der Waals surface area contributed by atoms with Crippen molar-refractivity contribution in [2.24, 2.45) is 0 Å². The quantitative estimate of drug-likeness (QED) is 0.307. The number of carbonyl (C=O) groups is 2. The molecule has 0 radical (unpaired) electrons. The number of nitrogens with zero attached hydrogens (tertiary/aromatic N) is 1. The predicted molar refractivity (Wildman–Crippen MR) is 91.3 cm³/mol. The Balaban J connectivity index is 2.41. The van der Waals surface area contributed by atoms with Gasteiger partial charge >= 0.3 is 6.09 Å². The first-order chi connectivity index (χ1) is 10.5. The highest BCUT2D eigenvalue weighted by atomic mass is 28.3. The fraction of sp³-hybridized carbons (Fsp3) is 0.875. The van der Waals surface area contributed by atoms with Crippen molar-refractivity contribution in [3.8, 4) is 0 Å². The number of amides is 1. The highest BCUT2D eigenvalue weighted by Crippen LogP contribution is 2.22. The predicted octanol–water partition coefficient (Wildman–Crippen LogP) is 2.89. The maximum absolute atomic E-state index is 12.1. The monoisotopic (exact) mass is 345 g/mol. The van der Waals surface area contributed by atoms with Crippen LogP contribution in [0.3, 0.4) is 0 Å². The van der Waals surface area contributed by atoms with Crippen molar-refractivity contribution >= 4 is 20.5 Å². The van der Waals surface area contributed by atoms with Gasteiger partial charge in [0.25, 0.3) is 0 Å². The van der Waals surface area contributed by atoms with Crippen LogP contribution in [-0.4, -0.2) is 63.0 Å². The Morgan fingerprint density at radius 2 is 1.96 bits per heavy atom. The van der Waals surface area contributed by atoms with Gasteiger partial charge in [0.15, 0.2) is 0 Å². The molecule has 23 heavy (non-hydrogen) atoms. The second kappa shape index (κ2) is 8.26. The first kappa shape index (κ1) is 20.1. The van der Waals surface area contributed by atoms with Gasteiger partial charge in [-0.15, -0.1) is 0 Å². The Labute approximate surface area is 140 Å². The van der Waals surface area contributed by atoms with Crippen LogP contribution in [0.25, 0.3) is 0 Å². The van der Waals surface area contributed by atoms with Crippen molar-refractivity contribution in [2.45, 2.75) is 70.6 Å². The third-order valence-electron chi connectivity index (χ3n) is 3.52. The van der Waals surface area contributed by atoms with Gasteiger partial charge in [0.2, 0.25) is 0 Å². The summed E-state index contributed by atoms with van der Waals surface area (Å²) in [6, 6.07) is 0.466. The minimum Gasteiger partial charge on any atom is -0.444 e. The molecule has 0 aromatic rings. The maximum atomic E-state index is 12.1. The Morgan fingerprint density at radius 1 is 1.30 bits per heavy atom. The molecule has 1 heterocycles. The minimum absolute atomic E-state index is 0.154. The van der Waals surface area contributed by atoms with E-state index in [0.29, 0.717) is 19.6 Å². The van der Waals surface area contributed by atoms with E-state index in [1.807, 2.05) is 0 Å². The molecule has 1 aliphatic heterocycles. The molecule has 0 saturated carbocycles. The average Bonchev–Trinajstić information content (AvgIpc) is 2.78. The van der Waals surface area contributed by atoms with Gasteiger partial charge in [0.05, 0.1) is 6.10 Å². The van der Waals surface area contributed by atoms with Gasteiger partial charge in [-0.25, -0.2) is 4.79 Å². The van der Waals surface area contributed by atoms with Crippen molar-refractivity contribution in [3.63, 3.8) is 0 Å². The first-order valence-corrected chi connectivity index (χ1v) is 11.9. The van der Waals surface area contributed by atoms with Crippen molar-refractivity contribution in [1.82, 2.24) is 4.90 Å². The zero-order valence-corrected chi connectivity index (χ0v) is 16.3. The second-order valence-electron chi connectivity index (χ2n) is 8.13. The lowest BCUT2D eigenvalue weighted by atomic mass is 10.2. The lowest BCUT2D eigenvalue weighted by Crippen LogP contribution is -2.44. The topological polar surface area (TPSA) is 65.1 Å². The molecule has 2 atom stereocenters. The van der Waals surface area contributed by atoms with Crippen molar-refractivity contribution in [3.05, 3.63) is 0 Å². The van der Waals surface area contributed by atoms with Gasteiger partial charge in [-0.1, -0.05) is 19.6 Å². The van der Waals surface area contributed by atoms with Gasteiger partial charge in [-0.05, 0) is 33.2 Å². The molecule has 1 fully saturated rings. The fourth-order valence-electron chi connectivity index (χ4n) is 2.24. The van der Waals surface area contributed by atoms with Gasteiger partial charge in [-0.3, -0.25) is 4.90 Å². The summed E-state index contributed by atoms with van der Waals surface area (Å²) in [5, 5.41) is 0. The molecule has 0 aromatic carbocycles. The third kappa shape index (κ3) is 7.45. The molecular weight excluding hydrogens is 314 g/mol. The highest BCUT2D eigenvalue weighted by Gasteiger charge is 2.39. The molecule has 6 nitrogen and oxygen atoms in total. The van der Waals surface area contributed by atoms with E-state index in [9.17, 15) is 9.59 Å². The molecule has 1 rings (SSSR count). The highest BCUT2D eigenvalue weighted by molar-refractivity contribution is 6.76. The SMILES string of the molecule is CC(C)(C)OC(=O)N1CC[C@H](OCOCC[Si](C)(C)C)[C@@H]1C=O. The summed E-state index contributed by atoms with van der Waals surface area (Å²) in [5.41, 5.74) is -0.580. The molecule has 0 N–H and O–H groups in total. The number of likely N-dealkylation sites (tertiary alicyclic amines) is 1. The van der Waals surface area contributed by atoms with Crippen LogP contribution in [-0.2, 0) is 19.0 Å². The summed E-state index contributed by atoms with van der Waals surface area (Å²) in [6.45, 7) is 13.6. The van der Waals surface area contributed by atoms with Gasteiger partial charge in [0, 0.05) is 21.2 Å². The molecule has 0 aromatic heterocycles. The average molecular weight is 346 g/mol. The molecular formula is C16H31NO5Si. The zero-order chi connectivity index (χ0) is 17.7. The van der Waals surface area contributed by atoms with E-state index in [0.717, 1.165) is 12.3 Å². The number of hydrogen-bond acceptors (Lipinski definition) is 5. The molecule has 7 heteroatoms. The number of carbonyl (C=O) groups excluding carboxylic acids is 2. The molecule has 1 saturated heterocycles. The molecule has 0 aliphatic carbocycles. The number of hydrogen-bond donors (Lipinski definition) is 0. The van der Waals surface area contributed by atoms with Crippen LogP contribution in [0.2, 0.25) is 25.7 Å². The largest absolute Gasteiger partial charge is 0.444 e. The minimum atomic E-state index is -1.11. The molecule has 0 unspecified atom stereocenters. The number of aldehydes is 1. The van der Waals surface area contributed by atoms with E-state index >= 15 is 0 Å². The lowest BCUT2D eigenvalue weighted by Gasteiger charge is -2.27. The van der Waals surface area contributed by atoms with Gasteiger partial charge in [-0.2, -0.15) is 0 Å². The van der Waals surface area contributed by atoms with Crippen LogP contribution in [0, 0.1) is 0 Å². The van der Waals surface area contributed by atoms with Crippen LogP contribution in [0.4, 0.5) is 4.79 Å². The van der Waals surface area contributed by atoms with E-state index in [-0.39, 0.29) is 12.9 Å². The number of rotatable bonds is 7. The fourth-order valence-corrected chi connectivity index (χ4v) is 2.99. The summed E-state index contributed by atoms with van der Waals surface area (Å²) in [4.78, 5) is 24.9. The molecule has 1 aliphatic rings. The van der Waals surface area contributed by atoms with E-state index in [2.05, 4.69) is 19.6 Å². The molecule has 0 spiro atoms. The zero-order valence-electron chi connectivity index (χ0n) is 15.3. The van der Waals surface area contributed by atoms with Crippen LogP contribution in [0.1, 0.15) is 27.2 Å². The van der Waals surface area contributed by atoms with E-state index in [1.54, 1.807) is 20.8 Å². The van der Waals surface area contributed by atoms with Crippen LogP contribution in [0.15, 0.2) is 0 Å². The Morgan fingerprint density at radius 3 is 2.48 bits per heavy atom. The molecule has 1 amide bonds. The summed E-state index contributed by atoms with van der Waals surface area (Å²) < 4.78 is 16.5. The van der Waals surface area contributed by atoms with Crippen molar-refractivity contribution in [1.29, 1.82) is 0 Å². The van der Waals surface area contributed by atoms with Crippen LogP contribution >= 0.6 is 0 Å². The third-order valence-corrected chi connectivity index (χ3v) is 5.23. The standard InChI is InChI=1S/C16H31NO5Si/c1-16(2,3)22-15(19)17-8-7-14(13(17)11-18)21-12-20-9-10-23(4,5)6/h11,13-14H,7-10,12H2,1-6H3/t13-,14-/m0/s1. The van der Waals surface area contributed by atoms with Gasteiger partial charge < -0.3 is 19.0 Å². The summed E-state index contributed by atoms with van der Waals surface area (Å²) in [5.74, 6) is 0. The summed E-state index contributed by atoms with van der Waals surface area (Å²) >= 11 is 0. The van der Waals surface area contributed by atoms with Crippen LogP contribution < -0.4 is 0 Å². The molecule has 134 valence electrons. The van der Waals surface area contributed by atoms with E-state index in [1.165, 1.54) is 4.90 Å². The summed E-state index contributed by atoms with van der Waals surface area (Å²) in [7, 11) is -1.11. The summed E-state index contributed by atoms with van der Waals surface area (Å²) in [6.07, 6.45) is 0.566.